The first-order valence-corrected chi connectivity index (χ1v) is 24.3. The van der Waals surface area contributed by atoms with Gasteiger partial charge in [0.25, 0.3) is 5.69 Å². The number of Topliss-reactive ketones (excluding diaryl/α,β-unsaturated/α-hetero) is 1. The van der Waals surface area contributed by atoms with Crippen molar-refractivity contribution >= 4 is 40.7 Å². The zero-order valence-electron chi connectivity index (χ0n) is 41.9. The molecule has 5 heterocycles. The van der Waals surface area contributed by atoms with Crippen molar-refractivity contribution in [3.8, 4) is 0 Å². The Labute approximate surface area is 404 Å². The summed E-state index contributed by atoms with van der Waals surface area (Å²) in [6, 6.07) is 8.32. The lowest BCUT2D eigenvalue weighted by molar-refractivity contribution is -0.385. The number of pyridine rings is 1. The number of carbonyl (C=O) groups is 4. The summed E-state index contributed by atoms with van der Waals surface area (Å²) in [5.41, 5.74) is -1.53. The Morgan fingerprint density at radius 3 is 2.41 bits per heavy atom. The average molecular weight is 965 g/mol. The van der Waals surface area contributed by atoms with Gasteiger partial charge in [0.15, 0.2) is 17.5 Å². The number of unbranched alkanes of at least 4 members (excludes halogenated alkanes) is 1. The Kier molecular flexibility index (Phi) is 17.2. The Morgan fingerprint density at radius 2 is 1.72 bits per heavy atom. The quantitative estimate of drug-likeness (QED) is 0.0580. The first kappa shape index (κ1) is 53.3. The van der Waals surface area contributed by atoms with Gasteiger partial charge in [-0.3, -0.25) is 24.5 Å². The third-order valence-corrected chi connectivity index (χ3v) is 15.0. The Hall–Kier alpha value is -5.08. The lowest BCUT2D eigenvalue weighted by atomic mass is 9.73. The molecule has 380 valence electrons. The number of hydrogen-bond donors (Lipinski definition) is 1. The van der Waals surface area contributed by atoms with Crippen LogP contribution in [0.25, 0.3) is 11.2 Å². The summed E-state index contributed by atoms with van der Waals surface area (Å²) in [5.74, 6) is -5.56. The first-order valence-electron chi connectivity index (χ1n) is 24.3. The number of amides is 1. The van der Waals surface area contributed by atoms with Crippen LogP contribution in [0.1, 0.15) is 100.0 Å². The molecule has 14 atom stereocenters. The highest BCUT2D eigenvalue weighted by Gasteiger charge is 2.60. The van der Waals surface area contributed by atoms with E-state index in [4.69, 9.17) is 28.4 Å². The number of nitro groups is 1. The van der Waals surface area contributed by atoms with Crippen molar-refractivity contribution in [2.45, 2.75) is 167 Å². The normalized spacial score (nSPS) is 33.7. The number of likely N-dealkylation sites (N-methyl/N-ethyl adjacent to an activating group) is 1. The number of fused-ring (bicyclic) bond motifs is 2. The molecule has 0 saturated carbocycles. The molecule has 1 amide bonds. The Balaban J connectivity index is 1.39. The third kappa shape index (κ3) is 11.3. The molecule has 0 radical (unpaired) electrons. The van der Waals surface area contributed by atoms with Crippen LogP contribution in [0.3, 0.4) is 0 Å². The van der Waals surface area contributed by atoms with Crippen molar-refractivity contribution in [3.63, 3.8) is 0 Å². The minimum Gasteiger partial charge on any atom is -0.461 e. The van der Waals surface area contributed by atoms with Crippen molar-refractivity contribution in [3.05, 3.63) is 64.6 Å². The maximum Gasteiger partial charge on any atom is 0.410 e. The van der Waals surface area contributed by atoms with Crippen LogP contribution in [0.2, 0.25) is 0 Å². The van der Waals surface area contributed by atoms with Crippen LogP contribution in [0.5, 0.6) is 0 Å². The summed E-state index contributed by atoms with van der Waals surface area (Å²) < 4.78 is 40.5. The molecule has 69 heavy (non-hydrogen) atoms. The molecule has 0 aliphatic carbocycles. The predicted octanol–water partition coefficient (Wildman–Crippen LogP) is 6.30. The molecule has 0 unspecified atom stereocenters. The Morgan fingerprint density at radius 1 is 1.01 bits per heavy atom. The largest absolute Gasteiger partial charge is 0.461 e. The number of cyclic esters (lactones) is 1. The molecule has 6 rings (SSSR count). The molecule has 3 fully saturated rings. The van der Waals surface area contributed by atoms with Gasteiger partial charge in [0.05, 0.1) is 47.4 Å². The fourth-order valence-corrected chi connectivity index (χ4v) is 11.0. The summed E-state index contributed by atoms with van der Waals surface area (Å²) in [4.78, 5) is 82.0. The van der Waals surface area contributed by atoms with Crippen molar-refractivity contribution in [1.82, 2.24) is 24.3 Å². The number of aromatic nitrogens is 3. The second kappa shape index (κ2) is 22.3. The van der Waals surface area contributed by atoms with E-state index in [1.54, 1.807) is 72.0 Å². The number of nitro benzene ring substituents is 1. The number of methoxy groups -OCH3 is 1. The maximum atomic E-state index is 15.1. The molecular weight excluding hydrogens is 893 g/mol. The van der Waals surface area contributed by atoms with Crippen LogP contribution in [0.4, 0.5) is 10.5 Å². The van der Waals surface area contributed by atoms with Crippen molar-refractivity contribution in [2.75, 3.05) is 27.2 Å². The van der Waals surface area contributed by atoms with Gasteiger partial charge in [0, 0.05) is 61.8 Å². The lowest BCUT2D eigenvalue weighted by Gasteiger charge is -2.48. The number of ether oxygens (including phenoxy) is 6. The van der Waals surface area contributed by atoms with Gasteiger partial charge in [-0.2, -0.15) is 0 Å². The van der Waals surface area contributed by atoms with Crippen LogP contribution in [-0.4, -0.2) is 146 Å². The van der Waals surface area contributed by atoms with Crippen LogP contribution in [0, 0.1) is 33.8 Å². The number of imidazole rings is 1. The number of nitrogens with zero attached hydrogens (tertiary/aromatic N) is 6. The van der Waals surface area contributed by atoms with Crippen molar-refractivity contribution in [1.29, 1.82) is 0 Å². The van der Waals surface area contributed by atoms with E-state index in [9.17, 15) is 29.6 Å². The molecule has 0 bridgehead atoms. The second-order valence-electron chi connectivity index (χ2n) is 19.7. The Bertz CT molecular complexity index is 2300. The number of rotatable bonds is 15. The molecule has 3 aliphatic heterocycles. The lowest BCUT2D eigenvalue weighted by Crippen LogP contribution is -2.61. The first-order chi connectivity index (χ1) is 32.7. The smallest absolute Gasteiger partial charge is 0.410 e. The summed E-state index contributed by atoms with van der Waals surface area (Å²) >= 11 is 0. The maximum absolute atomic E-state index is 15.1. The fraction of sp³-hybridized carbons (Fsp3) is 0.680. The summed E-state index contributed by atoms with van der Waals surface area (Å²) in [6.45, 7) is 17.4. The van der Waals surface area contributed by atoms with Gasteiger partial charge in [-0.1, -0.05) is 52.8 Å². The van der Waals surface area contributed by atoms with E-state index < -0.39 is 101 Å². The zero-order valence-corrected chi connectivity index (χ0v) is 41.9. The zero-order chi connectivity index (χ0) is 50.5. The van der Waals surface area contributed by atoms with E-state index in [1.807, 2.05) is 42.5 Å². The minimum atomic E-state index is -1.50. The number of carbonyl (C=O) groups excluding carboxylic acids is 4. The number of ketones is 1. The molecule has 2 aromatic heterocycles. The number of esters is 2. The number of aliphatic hydroxyl groups excluding tert-OH is 1. The van der Waals surface area contributed by atoms with Gasteiger partial charge in [-0.15, -0.1) is 0 Å². The number of aliphatic hydroxyl groups is 1. The third-order valence-electron chi connectivity index (χ3n) is 15.0. The number of hydrogen-bond acceptors (Lipinski definition) is 16. The molecule has 1 N–H and O–H groups in total. The van der Waals surface area contributed by atoms with Gasteiger partial charge in [-0.25, -0.2) is 14.8 Å². The average Bonchev–Trinajstić information content (AvgIpc) is 3.86. The highest BCUT2D eigenvalue weighted by Crippen LogP contribution is 2.44. The number of aryl methyl sites for hydroxylation is 1. The van der Waals surface area contributed by atoms with Crippen LogP contribution < -0.4 is 0 Å². The van der Waals surface area contributed by atoms with Gasteiger partial charge in [0.2, 0.25) is 0 Å². The molecule has 3 saturated heterocycles. The molecule has 1 aromatic carbocycles. The number of para-hydroxylation sites is 1. The second-order valence-corrected chi connectivity index (χ2v) is 19.7. The van der Waals surface area contributed by atoms with Crippen LogP contribution >= 0.6 is 0 Å². The monoisotopic (exact) mass is 965 g/mol. The van der Waals surface area contributed by atoms with Crippen LogP contribution in [-0.2, 0) is 55.8 Å². The van der Waals surface area contributed by atoms with Gasteiger partial charge in [-0.05, 0) is 85.5 Å². The van der Waals surface area contributed by atoms with E-state index in [0.717, 1.165) is 11.2 Å². The fourth-order valence-electron chi connectivity index (χ4n) is 11.0. The van der Waals surface area contributed by atoms with Crippen molar-refractivity contribution in [2.24, 2.45) is 23.7 Å². The van der Waals surface area contributed by atoms with Crippen molar-refractivity contribution < 1.29 is 57.6 Å². The SMILES string of the molecule is CC[C@H]1OC(=O)[C@H](C)[C@@H](OC(=O)Cc2ccccc2[N+](=O)[O-])[C@H](C)[C@@H](O[C@@H]2O[C@H](C)C[C@H](N(C)CC)[C@H]2O)[C@](C)(OC)C[C@@H](C)C(=O)[C@H](C)[C@H]2N(CCCCn3cnc4cccnc43)C(=O)O[C@]12C. The molecule has 3 aliphatic rings. The predicted molar refractivity (Wildman–Crippen MR) is 253 cm³/mol. The van der Waals surface area contributed by atoms with Gasteiger partial charge < -0.3 is 47.9 Å². The summed E-state index contributed by atoms with van der Waals surface area (Å²) in [6.07, 6.45) is -1.96. The van der Waals surface area contributed by atoms with E-state index in [-0.39, 0.29) is 48.6 Å². The van der Waals surface area contributed by atoms with E-state index in [1.165, 1.54) is 25.3 Å². The van der Waals surface area contributed by atoms with E-state index >= 15 is 4.79 Å². The molecule has 3 aromatic rings. The van der Waals surface area contributed by atoms with Crippen LogP contribution in [0.15, 0.2) is 48.9 Å². The topological polar surface area (TPSA) is 224 Å². The van der Waals surface area contributed by atoms with E-state index in [2.05, 4.69) is 9.97 Å². The molecular formula is C50H72N6O13. The summed E-state index contributed by atoms with van der Waals surface area (Å²) in [7, 11) is 3.38. The highest BCUT2D eigenvalue weighted by molar-refractivity contribution is 5.85. The highest BCUT2D eigenvalue weighted by atomic mass is 16.7. The molecule has 19 nitrogen and oxygen atoms in total. The standard InChI is InChI=1S/C50H72N6O13/c1-12-38-50(9)43(55(48(61)69-50)24-17-16-23-54-28-52-35-20-18-22-51-45(35)54)31(5)40(58)29(3)27-49(8,64-11)44(68-47-41(59)37(53(10)13-2)25-30(4)65-47)32(6)42(33(7)46(60)66-38)67-39(57)26-34-19-14-15-21-36(34)56(62)63/h14-15,18-22,28-33,37-38,41-44,47,59H,12-13,16-17,23-27H2,1-11H3/t29-,30-,31+,32+,33-,37+,38-,41-,42+,43-,44-,47+,49-,50-/m1/s1. The summed E-state index contributed by atoms with van der Waals surface area (Å²) in [5, 5.41) is 23.8. The van der Waals surface area contributed by atoms with E-state index in [0.29, 0.717) is 32.4 Å². The minimum absolute atomic E-state index is 0.0520. The molecule has 0 spiro atoms. The van der Waals surface area contributed by atoms with Gasteiger partial charge in [0.1, 0.15) is 29.6 Å². The van der Waals surface area contributed by atoms with Gasteiger partial charge >= 0.3 is 18.0 Å². The number of benzene rings is 1. The molecule has 19 heteroatoms.